The van der Waals surface area contributed by atoms with Crippen LogP contribution >= 0.6 is 11.3 Å². The molecule has 0 saturated carbocycles. The Morgan fingerprint density at radius 3 is 3.12 bits per heavy atom. The third-order valence-electron chi connectivity index (χ3n) is 3.55. The summed E-state index contributed by atoms with van der Waals surface area (Å²) in [5, 5.41) is 0. The second kappa shape index (κ2) is 3.57. The van der Waals surface area contributed by atoms with Gasteiger partial charge >= 0.3 is 0 Å². The van der Waals surface area contributed by atoms with Gasteiger partial charge in [-0.25, -0.2) is 4.98 Å². The summed E-state index contributed by atoms with van der Waals surface area (Å²) in [5.41, 5.74) is 9.59. The Morgan fingerprint density at radius 1 is 1.56 bits per heavy atom. The van der Waals surface area contributed by atoms with Crippen molar-refractivity contribution in [3.8, 4) is 0 Å². The zero-order chi connectivity index (χ0) is 11.3. The van der Waals surface area contributed by atoms with Gasteiger partial charge < -0.3 is 5.73 Å². The molecule has 1 atom stereocenters. The highest BCUT2D eigenvalue weighted by Crippen LogP contribution is 2.33. The van der Waals surface area contributed by atoms with Crippen LogP contribution in [0.25, 0.3) is 4.96 Å². The van der Waals surface area contributed by atoms with Gasteiger partial charge in [-0.3, -0.25) is 4.40 Å². The number of rotatable bonds is 1. The predicted octanol–water partition coefficient (Wildman–Crippen LogP) is 2.29. The Hall–Kier alpha value is -0.870. The van der Waals surface area contributed by atoms with Crippen molar-refractivity contribution in [2.24, 2.45) is 11.7 Å². The summed E-state index contributed by atoms with van der Waals surface area (Å²) in [6, 6.07) is 0. The lowest BCUT2D eigenvalue weighted by atomic mass is 9.93. The molecule has 0 saturated heterocycles. The highest BCUT2D eigenvalue weighted by molar-refractivity contribution is 7.17. The van der Waals surface area contributed by atoms with Crippen molar-refractivity contribution in [2.45, 2.75) is 39.7 Å². The molecule has 4 heteroatoms. The Balaban J connectivity index is 2.24. The van der Waals surface area contributed by atoms with Crippen molar-refractivity contribution in [3.05, 3.63) is 22.0 Å². The summed E-state index contributed by atoms with van der Waals surface area (Å²) in [4.78, 5) is 7.28. The molecule has 0 bridgehead atoms. The van der Waals surface area contributed by atoms with E-state index in [0.29, 0.717) is 6.54 Å². The Kier molecular flexibility index (Phi) is 2.30. The van der Waals surface area contributed by atoms with Gasteiger partial charge in [0.25, 0.3) is 0 Å². The molecule has 0 fully saturated rings. The molecular formula is C12H17N3S. The lowest BCUT2D eigenvalue weighted by molar-refractivity contribution is 0.498. The van der Waals surface area contributed by atoms with Crippen LogP contribution in [-0.2, 0) is 19.4 Å². The summed E-state index contributed by atoms with van der Waals surface area (Å²) >= 11 is 1.85. The van der Waals surface area contributed by atoms with Crippen LogP contribution in [0.3, 0.4) is 0 Å². The van der Waals surface area contributed by atoms with Crippen LogP contribution < -0.4 is 5.73 Å². The average Bonchev–Trinajstić information content (AvgIpc) is 2.71. The van der Waals surface area contributed by atoms with Gasteiger partial charge in [-0.15, -0.1) is 11.3 Å². The van der Waals surface area contributed by atoms with Crippen LogP contribution in [0, 0.1) is 12.8 Å². The van der Waals surface area contributed by atoms with Crippen molar-refractivity contribution in [2.75, 3.05) is 0 Å². The highest BCUT2D eigenvalue weighted by atomic mass is 32.1. The van der Waals surface area contributed by atoms with E-state index in [9.17, 15) is 0 Å². The number of nitrogens with two attached hydrogens (primary N) is 1. The topological polar surface area (TPSA) is 43.3 Å². The van der Waals surface area contributed by atoms with Crippen molar-refractivity contribution in [1.29, 1.82) is 0 Å². The van der Waals surface area contributed by atoms with Gasteiger partial charge in [-0.1, -0.05) is 6.92 Å². The number of imidazole rings is 1. The standard InChI is InChI=1S/C12H17N3S/c1-7-3-4-9-11(5-7)16-12-14-8(2)10(6-13)15(9)12/h7H,3-6,13H2,1-2H3. The van der Waals surface area contributed by atoms with E-state index in [1.54, 1.807) is 0 Å². The first-order chi connectivity index (χ1) is 7.70. The highest BCUT2D eigenvalue weighted by Gasteiger charge is 2.23. The monoisotopic (exact) mass is 235 g/mol. The molecule has 0 aliphatic heterocycles. The lowest BCUT2D eigenvalue weighted by Crippen LogP contribution is -2.13. The Morgan fingerprint density at radius 2 is 2.38 bits per heavy atom. The number of hydrogen-bond donors (Lipinski definition) is 1. The molecule has 16 heavy (non-hydrogen) atoms. The van der Waals surface area contributed by atoms with Crippen molar-refractivity contribution in [3.63, 3.8) is 0 Å². The summed E-state index contributed by atoms with van der Waals surface area (Å²) in [6.07, 6.45) is 3.69. The molecular weight excluding hydrogens is 218 g/mol. The first-order valence-electron chi connectivity index (χ1n) is 5.89. The fourth-order valence-corrected chi connectivity index (χ4v) is 4.02. The fraction of sp³-hybridized carbons (Fsp3) is 0.583. The van der Waals surface area contributed by atoms with E-state index in [2.05, 4.69) is 23.2 Å². The van der Waals surface area contributed by atoms with Crippen LogP contribution in [0.5, 0.6) is 0 Å². The SMILES string of the molecule is Cc1nc2sc3c(n2c1CN)CCC(C)C3. The maximum atomic E-state index is 5.82. The van der Waals surface area contributed by atoms with Crippen LogP contribution in [0.15, 0.2) is 0 Å². The second-order valence-corrected chi connectivity index (χ2v) is 5.85. The number of thiazole rings is 1. The van der Waals surface area contributed by atoms with E-state index < -0.39 is 0 Å². The summed E-state index contributed by atoms with van der Waals surface area (Å²) < 4.78 is 2.31. The lowest BCUT2D eigenvalue weighted by Gasteiger charge is -2.18. The average molecular weight is 235 g/mol. The summed E-state index contributed by atoms with van der Waals surface area (Å²) in [7, 11) is 0. The molecule has 0 spiro atoms. The Labute approximate surface area is 99.3 Å². The van der Waals surface area contributed by atoms with Crippen LogP contribution in [0.4, 0.5) is 0 Å². The third kappa shape index (κ3) is 1.33. The second-order valence-electron chi connectivity index (χ2n) is 4.79. The van der Waals surface area contributed by atoms with Gasteiger partial charge in [-0.05, 0) is 32.1 Å². The van der Waals surface area contributed by atoms with Gasteiger partial charge in [0, 0.05) is 17.1 Å². The third-order valence-corrected chi connectivity index (χ3v) is 4.65. The molecule has 0 aromatic carbocycles. The van der Waals surface area contributed by atoms with Gasteiger partial charge in [0.1, 0.15) is 0 Å². The summed E-state index contributed by atoms with van der Waals surface area (Å²) in [5.74, 6) is 0.818. The molecule has 2 N–H and O–H groups in total. The van der Waals surface area contributed by atoms with E-state index in [4.69, 9.17) is 5.73 Å². The smallest absolute Gasteiger partial charge is 0.194 e. The van der Waals surface area contributed by atoms with E-state index in [0.717, 1.165) is 16.6 Å². The van der Waals surface area contributed by atoms with Crippen molar-refractivity contribution in [1.82, 2.24) is 9.38 Å². The van der Waals surface area contributed by atoms with Crippen LogP contribution in [0.1, 0.15) is 35.3 Å². The first kappa shape index (κ1) is 10.3. The predicted molar refractivity (Wildman–Crippen MR) is 66.9 cm³/mol. The van der Waals surface area contributed by atoms with E-state index in [-0.39, 0.29) is 0 Å². The van der Waals surface area contributed by atoms with Gasteiger partial charge in [0.15, 0.2) is 4.96 Å². The maximum Gasteiger partial charge on any atom is 0.194 e. The normalized spacial score (nSPS) is 20.3. The quantitative estimate of drug-likeness (QED) is 0.824. The molecule has 86 valence electrons. The van der Waals surface area contributed by atoms with Crippen LogP contribution in [-0.4, -0.2) is 9.38 Å². The Bertz CT molecular complexity index is 538. The zero-order valence-electron chi connectivity index (χ0n) is 9.79. The number of aromatic nitrogens is 2. The van der Waals surface area contributed by atoms with E-state index in [1.807, 2.05) is 11.3 Å². The first-order valence-corrected chi connectivity index (χ1v) is 6.71. The fourth-order valence-electron chi connectivity index (χ4n) is 2.63. The molecule has 3 rings (SSSR count). The van der Waals surface area contributed by atoms with Crippen LogP contribution in [0.2, 0.25) is 0 Å². The van der Waals surface area contributed by atoms with Gasteiger partial charge in [0.05, 0.1) is 11.4 Å². The number of nitrogens with zero attached hydrogens (tertiary/aromatic N) is 2. The molecule has 1 aliphatic carbocycles. The molecule has 0 radical (unpaired) electrons. The molecule has 2 aromatic rings. The molecule has 0 amide bonds. The number of fused-ring (bicyclic) bond motifs is 3. The zero-order valence-corrected chi connectivity index (χ0v) is 10.6. The number of hydrogen-bond acceptors (Lipinski definition) is 3. The van der Waals surface area contributed by atoms with E-state index >= 15 is 0 Å². The summed E-state index contributed by atoms with van der Waals surface area (Å²) in [6.45, 7) is 4.98. The number of aryl methyl sites for hydroxylation is 2. The minimum Gasteiger partial charge on any atom is -0.325 e. The van der Waals surface area contributed by atoms with Crippen molar-refractivity contribution < 1.29 is 0 Å². The molecule has 1 unspecified atom stereocenters. The largest absolute Gasteiger partial charge is 0.325 e. The molecule has 2 heterocycles. The van der Waals surface area contributed by atoms with E-state index in [1.165, 1.54) is 35.5 Å². The molecule has 2 aromatic heterocycles. The maximum absolute atomic E-state index is 5.82. The van der Waals surface area contributed by atoms with Gasteiger partial charge in [-0.2, -0.15) is 0 Å². The minimum absolute atomic E-state index is 0.589. The molecule has 1 aliphatic rings. The molecule has 3 nitrogen and oxygen atoms in total. The minimum atomic E-state index is 0.589. The van der Waals surface area contributed by atoms with Gasteiger partial charge in [0.2, 0.25) is 0 Å². The van der Waals surface area contributed by atoms with Crippen molar-refractivity contribution >= 4 is 16.3 Å².